The second-order valence-corrected chi connectivity index (χ2v) is 2.12. The van der Waals surface area contributed by atoms with Crippen LogP contribution in [-0.4, -0.2) is 19.6 Å². The minimum absolute atomic E-state index is 0.0741. The molecule has 2 N–H and O–H groups in total. The predicted molar refractivity (Wildman–Crippen MR) is 34.3 cm³/mol. The van der Waals surface area contributed by atoms with Gasteiger partial charge in [0.25, 0.3) is 0 Å². The zero-order valence-corrected chi connectivity index (χ0v) is 5.46. The lowest BCUT2D eigenvalue weighted by Crippen LogP contribution is -2.23. The normalized spacial score (nSPS) is 31.2. The zero-order chi connectivity index (χ0) is 6.81. The molecule has 0 spiro atoms. The van der Waals surface area contributed by atoms with E-state index in [1.807, 2.05) is 12.7 Å². The Morgan fingerprint density at radius 3 is 3.20 bits per heavy atom. The van der Waals surface area contributed by atoms with Gasteiger partial charge in [0, 0.05) is 6.20 Å². The van der Waals surface area contributed by atoms with Crippen LogP contribution in [0, 0.1) is 6.54 Å². The lowest BCUT2D eigenvalue weighted by Gasteiger charge is -2.08. The molecular formula is C6H9N2O2. The van der Waals surface area contributed by atoms with Gasteiger partial charge in [0.2, 0.25) is 0 Å². The Balaban J connectivity index is 1.97. The molecule has 1 saturated heterocycles. The maximum atomic E-state index is 5.24. The Morgan fingerprint density at radius 1 is 1.60 bits per heavy atom. The molecule has 1 atom stereocenters. The highest BCUT2D eigenvalue weighted by Crippen LogP contribution is 2.12. The van der Waals surface area contributed by atoms with Crippen LogP contribution in [0.1, 0.15) is 0 Å². The molecular weight excluding hydrogens is 132 g/mol. The van der Waals surface area contributed by atoms with E-state index in [0.29, 0.717) is 13.3 Å². The number of rotatable bonds is 1. The minimum atomic E-state index is -0.0741. The third kappa shape index (κ3) is 0.955. The van der Waals surface area contributed by atoms with E-state index in [-0.39, 0.29) is 6.23 Å². The second kappa shape index (κ2) is 2.48. The van der Waals surface area contributed by atoms with Crippen molar-refractivity contribution in [1.29, 1.82) is 0 Å². The summed E-state index contributed by atoms with van der Waals surface area (Å²) in [6, 6.07) is 0. The first kappa shape index (κ1) is 6.00. The average Bonchev–Trinajstić information content (AvgIpc) is 2.59. The summed E-state index contributed by atoms with van der Waals surface area (Å²) in [6.45, 7) is 3.06. The molecule has 1 radical (unpaired) electrons. The molecule has 0 aliphatic carbocycles. The van der Waals surface area contributed by atoms with E-state index < -0.39 is 0 Å². The quantitative estimate of drug-likeness (QED) is 0.517. The fourth-order valence-electron chi connectivity index (χ4n) is 0.972. The van der Waals surface area contributed by atoms with Crippen LogP contribution in [0.3, 0.4) is 0 Å². The molecule has 10 heavy (non-hydrogen) atoms. The Bertz CT molecular complexity index is 152. The molecule has 0 aromatic rings. The van der Waals surface area contributed by atoms with E-state index in [2.05, 4.69) is 10.6 Å². The van der Waals surface area contributed by atoms with Crippen LogP contribution in [0.5, 0.6) is 0 Å². The van der Waals surface area contributed by atoms with E-state index in [1.54, 1.807) is 0 Å². The highest BCUT2D eigenvalue weighted by Gasteiger charge is 2.22. The van der Waals surface area contributed by atoms with Gasteiger partial charge in [0.05, 0.1) is 13.2 Å². The van der Waals surface area contributed by atoms with Crippen molar-refractivity contribution >= 4 is 0 Å². The van der Waals surface area contributed by atoms with E-state index in [9.17, 15) is 0 Å². The van der Waals surface area contributed by atoms with E-state index >= 15 is 0 Å². The average molecular weight is 141 g/mol. The summed E-state index contributed by atoms with van der Waals surface area (Å²) < 4.78 is 10.4. The molecule has 2 aliphatic rings. The van der Waals surface area contributed by atoms with Crippen LogP contribution >= 0.6 is 0 Å². The largest absolute Gasteiger partial charge is 0.472 e. The molecule has 4 nitrogen and oxygen atoms in total. The molecule has 0 bridgehead atoms. The molecule has 55 valence electrons. The summed E-state index contributed by atoms with van der Waals surface area (Å²) in [6.07, 6.45) is 1.74. The smallest absolute Gasteiger partial charge is 0.168 e. The standard InChI is InChI=1S/C6H9N2O2/c1-2-9-6(8-1)5-3-7-4-10-5/h1,3,6-8H,2,4H2. The molecule has 2 aliphatic heterocycles. The summed E-state index contributed by atoms with van der Waals surface area (Å²) in [4.78, 5) is 0. The van der Waals surface area contributed by atoms with Crippen molar-refractivity contribution in [2.45, 2.75) is 6.23 Å². The van der Waals surface area contributed by atoms with Crippen LogP contribution < -0.4 is 10.6 Å². The van der Waals surface area contributed by atoms with E-state index in [1.165, 1.54) is 0 Å². The third-order valence-electron chi connectivity index (χ3n) is 1.44. The topological polar surface area (TPSA) is 42.5 Å². The first-order chi connectivity index (χ1) is 4.97. The van der Waals surface area contributed by atoms with Crippen molar-refractivity contribution < 1.29 is 9.47 Å². The van der Waals surface area contributed by atoms with Crippen LogP contribution in [0.2, 0.25) is 0 Å². The molecule has 0 aromatic heterocycles. The molecule has 2 heterocycles. The van der Waals surface area contributed by atoms with Crippen molar-refractivity contribution in [2.24, 2.45) is 0 Å². The fourth-order valence-corrected chi connectivity index (χ4v) is 0.972. The van der Waals surface area contributed by atoms with Gasteiger partial charge in [-0.25, -0.2) is 0 Å². The Morgan fingerprint density at radius 2 is 2.60 bits per heavy atom. The SMILES string of the molecule is [CH]1COC(C2=CNCO2)N1. The highest BCUT2D eigenvalue weighted by atomic mass is 16.6. The highest BCUT2D eigenvalue weighted by molar-refractivity contribution is 5.04. The Kier molecular flexibility index (Phi) is 1.49. The van der Waals surface area contributed by atoms with Gasteiger partial charge in [-0.3, -0.25) is 5.32 Å². The summed E-state index contributed by atoms with van der Waals surface area (Å²) in [7, 11) is 0. The Labute approximate surface area is 59.2 Å². The van der Waals surface area contributed by atoms with Gasteiger partial charge < -0.3 is 14.8 Å². The number of nitrogens with one attached hydrogen (secondary N) is 2. The van der Waals surface area contributed by atoms with Crippen molar-refractivity contribution in [2.75, 3.05) is 13.3 Å². The summed E-state index contributed by atoms with van der Waals surface area (Å²) in [5.74, 6) is 0.828. The van der Waals surface area contributed by atoms with Crippen LogP contribution in [0.4, 0.5) is 0 Å². The van der Waals surface area contributed by atoms with Crippen molar-refractivity contribution in [3.8, 4) is 0 Å². The molecule has 4 heteroatoms. The van der Waals surface area contributed by atoms with Crippen LogP contribution in [0.15, 0.2) is 12.0 Å². The minimum Gasteiger partial charge on any atom is -0.472 e. The molecule has 0 amide bonds. The third-order valence-corrected chi connectivity index (χ3v) is 1.44. The monoisotopic (exact) mass is 141 g/mol. The summed E-state index contributed by atoms with van der Waals surface area (Å²) in [5, 5.41) is 5.95. The number of hydrogen-bond acceptors (Lipinski definition) is 4. The first-order valence-electron chi connectivity index (χ1n) is 3.22. The lowest BCUT2D eigenvalue weighted by molar-refractivity contribution is 0.0721. The van der Waals surface area contributed by atoms with Gasteiger partial charge in [-0.2, -0.15) is 0 Å². The van der Waals surface area contributed by atoms with Gasteiger partial charge >= 0.3 is 0 Å². The van der Waals surface area contributed by atoms with Gasteiger partial charge in [-0.15, -0.1) is 0 Å². The van der Waals surface area contributed by atoms with Crippen LogP contribution in [-0.2, 0) is 9.47 Å². The van der Waals surface area contributed by atoms with Gasteiger partial charge in [-0.1, -0.05) is 0 Å². The summed E-state index contributed by atoms with van der Waals surface area (Å²) in [5.41, 5.74) is 0. The lowest BCUT2D eigenvalue weighted by atomic mass is 10.5. The van der Waals surface area contributed by atoms with E-state index in [0.717, 1.165) is 5.76 Å². The number of ether oxygens (including phenoxy) is 2. The zero-order valence-electron chi connectivity index (χ0n) is 5.46. The van der Waals surface area contributed by atoms with Crippen molar-refractivity contribution in [1.82, 2.24) is 10.6 Å². The predicted octanol–water partition coefficient (Wildman–Crippen LogP) is -0.487. The van der Waals surface area contributed by atoms with E-state index in [4.69, 9.17) is 9.47 Å². The molecule has 0 aromatic carbocycles. The first-order valence-corrected chi connectivity index (χ1v) is 3.22. The van der Waals surface area contributed by atoms with Crippen molar-refractivity contribution in [3.05, 3.63) is 18.5 Å². The fraction of sp³-hybridized carbons (Fsp3) is 0.500. The van der Waals surface area contributed by atoms with Gasteiger partial charge in [-0.05, 0) is 0 Å². The van der Waals surface area contributed by atoms with Crippen molar-refractivity contribution in [3.63, 3.8) is 0 Å². The maximum Gasteiger partial charge on any atom is 0.168 e. The molecule has 2 rings (SSSR count). The molecule has 0 saturated carbocycles. The molecule has 1 unspecified atom stereocenters. The van der Waals surface area contributed by atoms with Gasteiger partial charge in [0.1, 0.15) is 0 Å². The maximum absolute atomic E-state index is 5.24. The summed E-state index contributed by atoms with van der Waals surface area (Å²) >= 11 is 0. The molecule has 1 fully saturated rings. The number of hydrogen-bond donors (Lipinski definition) is 2. The van der Waals surface area contributed by atoms with Crippen LogP contribution in [0.25, 0.3) is 0 Å². The second-order valence-electron chi connectivity index (χ2n) is 2.12. The van der Waals surface area contributed by atoms with Gasteiger partial charge in [0.15, 0.2) is 18.7 Å². The Hall–Kier alpha value is -0.740.